The summed E-state index contributed by atoms with van der Waals surface area (Å²) >= 11 is 0. The molecule has 27 heavy (non-hydrogen) atoms. The number of imide groups is 1. The molecule has 8 heteroatoms. The lowest BCUT2D eigenvalue weighted by Gasteiger charge is -2.37. The summed E-state index contributed by atoms with van der Waals surface area (Å²) in [4.78, 5) is 51.8. The minimum atomic E-state index is -0.969. The van der Waals surface area contributed by atoms with Crippen molar-refractivity contribution >= 4 is 29.5 Å². The van der Waals surface area contributed by atoms with Gasteiger partial charge < -0.3 is 15.3 Å². The summed E-state index contributed by atoms with van der Waals surface area (Å²) in [5, 5.41) is 11.8. The van der Waals surface area contributed by atoms with Gasteiger partial charge in [-0.1, -0.05) is 32.0 Å². The summed E-state index contributed by atoms with van der Waals surface area (Å²) in [5.41, 5.74) is -0.273. The van der Waals surface area contributed by atoms with E-state index in [0.29, 0.717) is 18.7 Å². The summed E-state index contributed by atoms with van der Waals surface area (Å²) in [6.07, 6.45) is 0.381. The number of likely N-dealkylation sites (tertiary alicyclic amines) is 1. The molecule has 3 rings (SSSR count). The van der Waals surface area contributed by atoms with Crippen LogP contribution in [-0.2, 0) is 14.4 Å². The summed E-state index contributed by atoms with van der Waals surface area (Å²) in [5.74, 6) is -1.67. The van der Waals surface area contributed by atoms with E-state index in [-0.39, 0.29) is 18.7 Å². The van der Waals surface area contributed by atoms with Crippen molar-refractivity contribution in [1.29, 1.82) is 0 Å². The molecule has 0 radical (unpaired) electrons. The summed E-state index contributed by atoms with van der Waals surface area (Å²) in [6, 6.07) is 6.89. The molecule has 0 unspecified atom stereocenters. The third-order valence-corrected chi connectivity index (χ3v) is 4.98. The number of fused-ring (bicyclic) bond motifs is 1. The molecule has 0 spiro atoms. The van der Waals surface area contributed by atoms with Crippen molar-refractivity contribution in [2.75, 3.05) is 11.4 Å². The number of benzene rings is 1. The average molecular weight is 373 g/mol. The second kappa shape index (κ2) is 7.02. The number of amides is 4. The number of aliphatic carboxylic acids is 1. The van der Waals surface area contributed by atoms with Crippen LogP contribution in [0.5, 0.6) is 0 Å². The maximum Gasteiger partial charge on any atom is 0.329 e. The number of rotatable bonds is 5. The van der Waals surface area contributed by atoms with E-state index in [4.69, 9.17) is 5.11 Å². The quantitative estimate of drug-likeness (QED) is 0.815. The van der Waals surface area contributed by atoms with Crippen LogP contribution < -0.4 is 10.2 Å². The molecule has 2 aliphatic rings. The molecule has 1 aromatic rings. The number of hydrogen-bond acceptors (Lipinski definition) is 4. The standard InChI is InChI=1S/C19H23N3O5/c1-19(2,11-15(24)25)10-14(23)21-9-8-13-16(21)17(26)22(18(27)20-13)12-6-4-3-5-7-12/h3-7,13,16H,8-11H2,1-2H3,(H,20,27)(H,24,25)/t13-,16+/m1/s1. The molecule has 2 atom stereocenters. The Hall–Kier alpha value is -2.90. The Balaban J connectivity index is 1.80. The highest BCUT2D eigenvalue weighted by Crippen LogP contribution is 2.31. The van der Waals surface area contributed by atoms with Crippen LogP contribution in [-0.4, -0.2) is 52.4 Å². The number of anilines is 1. The zero-order valence-electron chi connectivity index (χ0n) is 15.3. The highest BCUT2D eigenvalue weighted by molar-refractivity contribution is 6.19. The van der Waals surface area contributed by atoms with E-state index in [9.17, 15) is 19.2 Å². The Kier molecular flexibility index (Phi) is 4.91. The minimum Gasteiger partial charge on any atom is -0.481 e. The number of carbonyl (C=O) groups is 4. The zero-order chi connectivity index (χ0) is 19.8. The van der Waals surface area contributed by atoms with Crippen LogP contribution >= 0.6 is 0 Å². The molecule has 8 nitrogen and oxygen atoms in total. The Morgan fingerprint density at radius 1 is 1.19 bits per heavy atom. The predicted molar refractivity (Wildman–Crippen MR) is 97.0 cm³/mol. The van der Waals surface area contributed by atoms with Crippen LogP contribution in [0.15, 0.2) is 30.3 Å². The molecule has 2 heterocycles. The van der Waals surface area contributed by atoms with E-state index in [1.807, 2.05) is 0 Å². The van der Waals surface area contributed by atoms with Crippen LogP contribution in [0.1, 0.15) is 33.1 Å². The summed E-state index contributed by atoms with van der Waals surface area (Å²) < 4.78 is 0. The Bertz CT molecular complexity index is 777. The third kappa shape index (κ3) is 3.79. The molecule has 0 bridgehead atoms. The molecule has 144 valence electrons. The zero-order valence-corrected chi connectivity index (χ0v) is 15.3. The largest absolute Gasteiger partial charge is 0.481 e. The molecule has 2 aliphatic heterocycles. The van der Waals surface area contributed by atoms with Crippen LogP contribution in [0.4, 0.5) is 10.5 Å². The first-order valence-corrected chi connectivity index (χ1v) is 8.90. The maximum absolute atomic E-state index is 13.1. The Morgan fingerprint density at radius 2 is 1.85 bits per heavy atom. The van der Waals surface area contributed by atoms with Crippen molar-refractivity contribution in [2.24, 2.45) is 5.41 Å². The van der Waals surface area contributed by atoms with E-state index in [1.165, 1.54) is 4.90 Å². The Morgan fingerprint density at radius 3 is 2.48 bits per heavy atom. The van der Waals surface area contributed by atoms with Gasteiger partial charge in [0, 0.05) is 13.0 Å². The van der Waals surface area contributed by atoms with Crippen molar-refractivity contribution in [1.82, 2.24) is 10.2 Å². The van der Waals surface area contributed by atoms with Crippen molar-refractivity contribution in [3.8, 4) is 0 Å². The molecule has 2 fully saturated rings. The second-order valence-corrected chi connectivity index (χ2v) is 7.80. The number of carboxylic acid groups (broad SMARTS) is 1. The molecule has 1 aromatic carbocycles. The molecule has 2 N–H and O–H groups in total. The fraction of sp³-hybridized carbons (Fsp3) is 0.474. The first kappa shape index (κ1) is 18.9. The molecule has 0 aromatic heterocycles. The van der Waals surface area contributed by atoms with Gasteiger partial charge in [-0.3, -0.25) is 14.4 Å². The monoisotopic (exact) mass is 373 g/mol. The van der Waals surface area contributed by atoms with Gasteiger partial charge in [-0.05, 0) is 24.0 Å². The van der Waals surface area contributed by atoms with E-state index in [1.54, 1.807) is 44.2 Å². The number of nitrogens with one attached hydrogen (secondary N) is 1. The average Bonchev–Trinajstić information content (AvgIpc) is 2.98. The second-order valence-electron chi connectivity index (χ2n) is 7.80. The number of nitrogens with zero attached hydrogens (tertiary/aromatic N) is 2. The predicted octanol–water partition coefficient (Wildman–Crippen LogP) is 1.60. The summed E-state index contributed by atoms with van der Waals surface area (Å²) in [6.45, 7) is 3.78. The molecule has 4 amide bonds. The van der Waals surface area contributed by atoms with Crippen molar-refractivity contribution in [3.63, 3.8) is 0 Å². The minimum absolute atomic E-state index is 0.0229. The van der Waals surface area contributed by atoms with Crippen LogP contribution in [0.3, 0.4) is 0 Å². The van der Waals surface area contributed by atoms with Gasteiger partial charge >= 0.3 is 12.0 Å². The molecule has 0 saturated carbocycles. The van der Waals surface area contributed by atoms with Crippen LogP contribution in [0.2, 0.25) is 0 Å². The highest BCUT2D eigenvalue weighted by atomic mass is 16.4. The molecule has 0 aliphatic carbocycles. The van der Waals surface area contributed by atoms with E-state index < -0.39 is 35.4 Å². The lowest BCUT2D eigenvalue weighted by atomic mass is 9.85. The lowest BCUT2D eigenvalue weighted by molar-refractivity contribution is -0.143. The van der Waals surface area contributed by atoms with Gasteiger partial charge in [0.1, 0.15) is 6.04 Å². The number of para-hydroxylation sites is 1. The SMILES string of the molecule is CC(C)(CC(=O)O)CC(=O)N1CC[C@H]2NC(=O)N(c3ccccc3)C(=O)[C@H]21. The number of hydrogen-bond donors (Lipinski definition) is 2. The molecular formula is C19H23N3O5. The maximum atomic E-state index is 13.1. The Labute approximate surface area is 157 Å². The normalized spacial score (nSPS) is 22.4. The fourth-order valence-corrected chi connectivity index (χ4v) is 3.79. The van der Waals surface area contributed by atoms with Gasteiger partial charge in [-0.2, -0.15) is 0 Å². The van der Waals surface area contributed by atoms with E-state index in [0.717, 1.165) is 4.90 Å². The van der Waals surface area contributed by atoms with Gasteiger partial charge in [-0.25, -0.2) is 9.69 Å². The third-order valence-electron chi connectivity index (χ3n) is 4.98. The van der Waals surface area contributed by atoms with Crippen molar-refractivity contribution < 1.29 is 24.3 Å². The van der Waals surface area contributed by atoms with Gasteiger partial charge in [0.2, 0.25) is 5.91 Å². The fourth-order valence-electron chi connectivity index (χ4n) is 3.79. The first-order valence-electron chi connectivity index (χ1n) is 8.90. The van der Waals surface area contributed by atoms with Crippen molar-refractivity contribution in [2.45, 2.75) is 45.2 Å². The highest BCUT2D eigenvalue weighted by Gasteiger charge is 2.50. The summed E-state index contributed by atoms with van der Waals surface area (Å²) in [7, 11) is 0. The number of carbonyl (C=O) groups excluding carboxylic acids is 3. The van der Waals surface area contributed by atoms with Gasteiger partial charge in [0.05, 0.1) is 18.2 Å². The lowest BCUT2D eigenvalue weighted by Crippen LogP contribution is -2.65. The van der Waals surface area contributed by atoms with Gasteiger partial charge in [0.15, 0.2) is 0 Å². The van der Waals surface area contributed by atoms with Crippen LogP contribution in [0, 0.1) is 5.41 Å². The smallest absolute Gasteiger partial charge is 0.329 e. The van der Waals surface area contributed by atoms with Gasteiger partial charge in [-0.15, -0.1) is 0 Å². The van der Waals surface area contributed by atoms with E-state index in [2.05, 4.69) is 5.32 Å². The number of carboxylic acids is 1. The van der Waals surface area contributed by atoms with E-state index >= 15 is 0 Å². The van der Waals surface area contributed by atoms with Crippen molar-refractivity contribution in [3.05, 3.63) is 30.3 Å². The number of urea groups is 1. The van der Waals surface area contributed by atoms with Gasteiger partial charge in [0.25, 0.3) is 5.91 Å². The molecular weight excluding hydrogens is 350 g/mol. The topological polar surface area (TPSA) is 107 Å². The van der Waals surface area contributed by atoms with Crippen LogP contribution in [0.25, 0.3) is 0 Å². The molecule has 2 saturated heterocycles. The first-order chi connectivity index (χ1) is 12.7.